The van der Waals surface area contributed by atoms with Crippen molar-refractivity contribution in [3.05, 3.63) is 71.4 Å². The number of nitrogens with zero attached hydrogens (tertiary/aromatic N) is 4. The summed E-state index contributed by atoms with van der Waals surface area (Å²) in [6.45, 7) is 0. The number of hydrogen-bond acceptors (Lipinski definition) is 7. The van der Waals surface area contributed by atoms with Gasteiger partial charge in [-0.1, -0.05) is 35.6 Å². The third-order valence-corrected chi connectivity index (χ3v) is 4.55. The number of thiazole rings is 1. The van der Waals surface area contributed by atoms with Crippen LogP contribution in [-0.4, -0.2) is 21.2 Å². The van der Waals surface area contributed by atoms with Crippen LogP contribution < -0.4 is 10.2 Å². The second-order valence-corrected chi connectivity index (χ2v) is 6.69. The van der Waals surface area contributed by atoms with E-state index in [1.54, 1.807) is 24.4 Å². The van der Waals surface area contributed by atoms with Gasteiger partial charge in [0.2, 0.25) is 16.2 Å². The van der Waals surface area contributed by atoms with Gasteiger partial charge >= 0.3 is 0 Å². The maximum absolute atomic E-state index is 13.7. The van der Waals surface area contributed by atoms with Gasteiger partial charge in [0, 0.05) is 0 Å². The summed E-state index contributed by atoms with van der Waals surface area (Å²) < 4.78 is 20.2. The number of hydrogen-bond donors (Lipinski definition) is 1. The zero-order valence-corrected chi connectivity index (χ0v) is 15.2. The lowest BCUT2D eigenvalue weighted by atomic mass is 10.2. The summed E-state index contributed by atoms with van der Waals surface area (Å²) in [5.41, 5.74) is 4.58. The summed E-state index contributed by atoms with van der Waals surface area (Å²) in [4.78, 5) is 11.7. The molecule has 2 aromatic carbocycles. The summed E-state index contributed by atoms with van der Waals surface area (Å²) in [7, 11) is 0. The normalized spacial score (nSPS) is 11.2. The SMILES string of the molecule is Fc1cnc(Cl)nc1Oc1cccc(/C=N\Nc2nc3ccccc3s2)c1. The Labute approximate surface area is 162 Å². The maximum atomic E-state index is 13.7. The summed E-state index contributed by atoms with van der Waals surface area (Å²) in [5, 5.41) is 4.78. The molecule has 2 aromatic heterocycles. The number of nitrogens with one attached hydrogen (secondary N) is 1. The number of aromatic nitrogens is 3. The van der Waals surface area contributed by atoms with Crippen LogP contribution in [0.3, 0.4) is 0 Å². The Bertz CT molecular complexity index is 1100. The molecule has 0 aliphatic heterocycles. The lowest BCUT2D eigenvalue weighted by Crippen LogP contribution is -1.95. The maximum Gasteiger partial charge on any atom is 0.260 e. The molecule has 0 spiro atoms. The van der Waals surface area contributed by atoms with Crippen LogP contribution in [0.4, 0.5) is 9.52 Å². The van der Waals surface area contributed by atoms with Crippen LogP contribution in [0.5, 0.6) is 11.6 Å². The molecule has 0 amide bonds. The highest BCUT2D eigenvalue weighted by atomic mass is 35.5. The van der Waals surface area contributed by atoms with Crippen molar-refractivity contribution in [2.24, 2.45) is 5.10 Å². The van der Waals surface area contributed by atoms with Gasteiger partial charge < -0.3 is 4.74 Å². The molecule has 0 fully saturated rings. The first-order valence-electron chi connectivity index (χ1n) is 7.78. The van der Waals surface area contributed by atoms with Gasteiger partial charge in [-0.3, -0.25) is 5.43 Å². The lowest BCUT2D eigenvalue weighted by molar-refractivity contribution is 0.420. The van der Waals surface area contributed by atoms with Crippen molar-refractivity contribution in [2.45, 2.75) is 0 Å². The third-order valence-electron chi connectivity index (χ3n) is 3.42. The highest BCUT2D eigenvalue weighted by Crippen LogP contribution is 2.26. The van der Waals surface area contributed by atoms with Crippen molar-refractivity contribution >= 4 is 44.5 Å². The van der Waals surface area contributed by atoms with Crippen LogP contribution in [0.25, 0.3) is 10.2 Å². The molecule has 1 N–H and O–H groups in total. The summed E-state index contributed by atoms with van der Waals surface area (Å²) >= 11 is 7.18. The van der Waals surface area contributed by atoms with Gasteiger partial charge in [0.1, 0.15) is 5.75 Å². The molecule has 4 aromatic rings. The number of para-hydroxylation sites is 1. The first-order valence-corrected chi connectivity index (χ1v) is 8.97. The van der Waals surface area contributed by atoms with Crippen LogP contribution >= 0.6 is 22.9 Å². The number of fused-ring (bicyclic) bond motifs is 1. The molecule has 9 heteroatoms. The Morgan fingerprint density at radius 1 is 1.15 bits per heavy atom. The molecule has 0 atom stereocenters. The fourth-order valence-corrected chi connectivity index (χ4v) is 3.20. The molecule has 0 saturated heterocycles. The smallest absolute Gasteiger partial charge is 0.260 e. The second kappa shape index (κ2) is 7.65. The quantitative estimate of drug-likeness (QED) is 0.286. The number of hydrazone groups is 1. The number of halogens is 2. The topological polar surface area (TPSA) is 72.3 Å². The molecule has 27 heavy (non-hydrogen) atoms. The highest BCUT2D eigenvalue weighted by Gasteiger charge is 2.08. The predicted molar refractivity (Wildman–Crippen MR) is 104 cm³/mol. The molecular formula is C18H11ClFN5OS. The fraction of sp³-hybridized carbons (Fsp3) is 0. The van der Waals surface area contributed by atoms with E-state index < -0.39 is 5.82 Å². The summed E-state index contributed by atoms with van der Waals surface area (Å²) in [6, 6.07) is 14.8. The van der Waals surface area contributed by atoms with Crippen molar-refractivity contribution in [1.82, 2.24) is 15.0 Å². The molecular weight excluding hydrogens is 389 g/mol. The lowest BCUT2D eigenvalue weighted by Gasteiger charge is -2.06. The van der Waals surface area contributed by atoms with Gasteiger partial charge in [-0.15, -0.1) is 0 Å². The number of benzene rings is 2. The van der Waals surface area contributed by atoms with Crippen LogP contribution in [0.1, 0.15) is 5.56 Å². The number of ether oxygens (including phenoxy) is 1. The van der Waals surface area contributed by atoms with E-state index in [4.69, 9.17) is 16.3 Å². The van der Waals surface area contributed by atoms with Crippen molar-refractivity contribution in [3.63, 3.8) is 0 Å². The van der Waals surface area contributed by atoms with E-state index in [1.807, 2.05) is 30.3 Å². The van der Waals surface area contributed by atoms with Crippen molar-refractivity contribution in [2.75, 3.05) is 5.43 Å². The van der Waals surface area contributed by atoms with Gasteiger partial charge in [0.05, 0.1) is 22.6 Å². The fourth-order valence-electron chi connectivity index (χ4n) is 2.25. The van der Waals surface area contributed by atoms with E-state index in [-0.39, 0.29) is 11.2 Å². The largest absolute Gasteiger partial charge is 0.436 e. The highest BCUT2D eigenvalue weighted by molar-refractivity contribution is 7.22. The Morgan fingerprint density at radius 2 is 2.04 bits per heavy atom. The molecule has 0 bridgehead atoms. The first kappa shape index (κ1) is 17.3. The van der Waals surface area contributed by atoms with Crippen LogP contribution in [0.2, 0.25) is 5.28 Å². The second-order valence-electron chi connectivity index (χ2n) is 5.32. The predicted octanol–water partition coefficient (Wildman–Crippen LogP) is 5.12. The van der Waals surface area contributed by atoms with Crippen LogP contribution in [0.15, 0.2) is 59.8 Å². The zero-order valence-electron chi connectivity index (χ0n) is 13.6. The van der Waals surface area contributed by atoms with Crippen LogP contribution in [0, 0.1) is 5.82 Å². The molecule has 6 nitrogen and oxygen atoms in total. The van der Waals surface area contributed by atoms with Crippen molar-refractivity contribution < 1.29 is 9.13 Å². The van der Waals surface area contributed by atoms with Crippen LogP contribution in [-0.2, 0) is 0 Å². The number of anilines is 1. The summed E-state index contributed by atoms with van der Waals surface area (Å²) in [5.74, 6) is -0.541. The van der Waals surface area contributed by atoms with Gasteiger partial charge in [-0.25, -0.2) is 9.97 Å². The average molecular weight is 400 g/mol. The minimum Gasteiger partial charge on any atom is -0.436 e. The molecule has 2 heterocycles. The zero-order chi connectivity index (χ0) is 18.6. The van der Waals surface area contributed by atoms with Gasteiger partial charge in [-0.05, 0) is 41.4 Å². The monoisotopic (exact) mass is 399 g/mol. The Kier molecular flexibility index (Phi) is 4.91. The molecule has 0 unspecified atom stereocenters. The minimum absolute atomic E-state index is 0.0934. The molecule has 0 saturated carbocycles. The molecule has 4 rings (SSSR count). The standard InChI is InChI=1S/C18H11ClFN5OS/c19-17-21-10-13(20)16(24-17)26-12-5-3-4-11(8-12)9-22-25-18-23-14-6-1-2-7-15(14)27-18/h1-10H,(H,23,25)/b22-9-. The van der Waals surface area contributed by atoms with E-state index >= 15 is 0 Å². The summed E-state index contributed by atoms with van der Waals surface area (Å²) in [6.07, 6.45) is 2.57. The van der Waals surface area contributed by atoms with E-state index in [0.717, 1.165) is 22.0 Å². The third kappa shape index (κ3) is 4.18. The Balaban J connectivity index is 1.47. The van der Waals surface area contributed by atoms with E-state index in [1.165, 1.54) is 11.3 Å². The first-order chi connectivity index (χ1) is 13.2. The van der Waals surface area contributed by atoms with E-state index in [2.05, 4.69) is 25.5 Å². The molecule has 134 valence electrons. The van der Waals surface area contributed by atoms with Crippen molar-refractivity contribution in [1.29, 1.82) is 0 Å². The van der Waals surface area contributed by atoms with E-state index in [0.29, 0.717) is 10.9 Å². The Hall–Kier alpha value is -3.10. The van der Waals surface area contributed by atoms with Crippen molar-refractivity contribution in [3.8, 4) is 11.6 Å². The molecule has 0 radical (unpaired) electrons. The molecule has 0 aliphatic rings. The van der Waals surface area contributed by atoms with E-state index in [9.17, 15) is 4.39 Å². The minimum atomic E-state index is -0.698. The average Bonchev–Trinajstić information content (AvgIpc) is 3.08. The van der Waals surface area contributed by atoms with Gasteiger partial charge in [0.25, 0.3) is 5.88 Å². The number of rotatable bonds is 5. The van der Waals surface area contributed by atoms with Gasteiger partial charge in [0.15, 0.2) is 0 Å². The van der Waals surface area contributed by atoms with Gasteiger partial charge in [-0.2, -0.15) is 14.5 Å². The Morgan fingerprint density at radius 3 is 2.93 bits per heavy atom. The molecule has 0 aliphatic carbocycles.